The summed E-state index contributed by atoms with van der Waals surface area (Å²) in [6.45, 7) is 5.71. The lowest BCUT2D eigenvalue weighted by Gasteiger charge is -2.56. The molecule has 3 N–H and O–H groups in total. The molecule has 2 nitrogen and oxygen atoms in total. The van der Waals surface area contributed by atoms with E-state index in [2.05, 4.69) is 19.2 Å². The highest BCUT2D eigenvalue weighted by Gasteiger charge is 2.51. The van der Waals surface area contributed by atoms with Crippen molar-refractivity contribution in [2.24, 2.45) is 17.6 Å². The van der Waals surface area contributed by atoms with Gasteiger partial charge in [0.05, 0.1) is 0 Å². The largest absolute Gasteiger partial charge is 0.324 e. The van der Waals surface area contributed by atoms with E-state index in [0.29, 0.717) is 12.0 Å². The van der Waals surface area contributed by atoms with Crippen molar-refractivity contribution in [3.05, 3.63) is 0 Å². The Labute approximate surface area is 68.5 Å². The van der Waals surface area contributed by atoms with E-state index in [1.807, 2.05) is 0 Å². The van der Waals surface area contributed by atoms with Gasteiger partial charge in [0.1, 0.15) is 0 Å². The van der Waals surface area contributed by atoms with Gasteiger partial charge in [-0.25, -0.2) is 0 Å². The summed E-state index contributed by atoms with van der Waals surface area (Å²) in [5.41, 5.74) is 6.38. The molecule has 2 saturated heterocycles. The fraction of sp³-hybridized carbons (Fsp3) is 1.00. The predicted octanol–water partition coefficient (Wildman–Crippen LogP) is 0.722. The van der Waals surface area contributed by atoms with Crippen LogP contribution in [0.15, 0.2) is 0 Å². The monoisotopic (exact) mass is 154 g/mol. The SMILES string of the molecule is CC(C)C1NCC2CC1(N)C2. The van der Waals surface area contributed by atoms with Gasteiger partial charge in [0.25, 0.3) is 0 Å². The van der Waals surface area contributed by atoms with Gasteiger partial charge in [-0.15, -0.1) is 0 Å². The average Bonchev–Trinajstić information content (AvgIpc) is 1.84. The summed E-state index contributed by atoms with van der Waals surface area (Å²) >= 11 is 0. The van der Waals surface area contributed by atoms with Gasteiger partial charge in [-0.1, -0.05) is 13.8 Å². The zero-order chi connectivity index (χ0) is 8.06. The van der Waals surface area contributed by atoms with Gasteiger partial charge in [-0.05, 0) is 31.2 Å². The van der Waals surface area contributed by atoms with Crippen LogP contribution < -0.4 is 11.1 Å². The van der Waals surface area contributed by atoms with Gasteiger partial charge >= 0.3 is 0 Å². The van der Waals surface area contributed by atoms with Crippen molar-refractivity contribution in [3.8, 4) is 0 Å². The third kappa shape index (κ3) is 1.00. The van der Waals surface area contributed by atoms with Crippen molar-refractivity contribution in [2.75, 3.05) is 6.54 Å². The lowest BCUT2D eigenvalue weighted by molar-refractivity contribution is 0.0285. The summed E-state index contributed by atoms with van der Waals surface area (Å²) < 4.78 is 0. The molecule has 11 heavy (non-hydrogen) atoms. The van der Waals surface area contributed by atoms with Crippen LogP contribution >= 0.6 is 0 Å². The first-order valence-corrected chi connectivity index (χ1v) is 4.64. The molecule has 64 valence electrons. The molecular formula is C9H18N2. The van der Waals surface area contributed by atoms with Crippen LogP contribution in [0.2, 0.25) is 0 Å². The van der Waals surface area contributed by atoms with Gasteiger partial charge in [0.15, 0.2) is 0 Å². The van der Waals surface area contributed by atoms with Gasteiger partial charge in [0, 0.05) is 11.6 Å². The Balaban J connectivity index is 2.08. The summed E-state index contributed by atoms with van der Waals surface area (Å²) in [6, 6.07) is 0.562. The number of fused-ring (bicyclic) bond motifs is 2. The Morgan fingerprint density at radius 2 is 2.09 bits per heavy atom. The molecule has 1 atom stereocenters. The highest BCUT2D eigenvalue weighted by molar-refractivity contribution is 5.11. The van der Waals surface area contributed by atoms with E-state index in [1.165, 1.54) is 19.4 Å². The van der Waals surface area contributed by atoms with Gasteiger partial charge in [0.2, 0.25) is 0 Å². The molecule has 2 heteroatoms. The summed E-state index contributed by atoms with van der Waals surface area (Å²) in [4.78, 5) is 0. The number of hydrogen-bond acceptors (Lipinski definition) is 2. The van der Waals surface area contributed by atoms with Crippen molar-refractivity contribution in [1.82, 2.24) is 5.32 Å². The number of nitrogens with one attached hydrogen (secondary N) is 1. The first kappa shape index (κ1) is 7.56. The van der Waals surface area contributed by atoms with Crippen molar-refractivity contribution >= 4 is 0 Å². The highest BCUT2D eigenvalue weighted by Crippen LogP contribution is 2.43. The summed E-state index contributed by atoms with van der Waals surface area (Å²) in [7, 11) is 0. The molecule has 0 aromatic rings. The lowest BCUT2D eigenvalue weighted by Crippen LogP contribution is -2.72. The maximum Gasteiger partial charge on any atom is 0.0318 e. The summed E-state index contributed by atoms with van der Waals surface area (Å²) in [5.74, 6) is 1.57. The Hall–Kier alpha value is -0.0800. The Kier molecular flexibility index (Phi) is 1.52. The van der Waals surface area contributed by atoms with E-state index in [4.69, 9.17) is 5.73 Å². The zero-order valence-electron chi connectivity index (χ0n) is 7.43. The van der Waals surface area contributed by atoms with Gasteiger partial charge in [-0.3, -0.25) is 0 Å². The fourth-order valence-electron chi connectivity index (χ4n) is 2.81. The van der Waals surface area contributed by atoms with Crippen molar-refractivity contribution < 1.29 is 0 Å². The van der Waals surface area contributed by atoms with Crippen LogP contribution in [-0.4, -0.2) is 18.1 Å². The van der Waals surface area contributed by atoms with E-state index < -0.39 is 0 Å². The summed E-state index contributed by atoms with van der Waals surface area (Å²) in [6.07, 6.45) is 2.51. The van der Waals surface area contributed by atoms with Crippen LogP contribution in [0.4, 0.5) is 0 Å². The molecule has 0 aromatic carbocycles. The Bertz CT molecular complexity index is 159. The molecule has 0 radical (unpaired) electrons. The molecule has 1 saturated carbocycles. The average molecular weight is 154 g/mol. The molecule has 3 rings (SSSR count). The number of nitrogens with two attached hydrogens (primary N) is 1. The molecule has 2 bridgehead atoms. The molecule has 0 aromatic heterocycles. The van der Waals surface area contributed by atoms with Crippen molar-refractivity contribution in [1.29, 1.82) is 0 Å². The van der Waals surface area contributed by atoms with E-state index in [0.717, 1.165) is 5.92 Å². The van der Waals surface area contributed by atoms with E-state index in [-0.39, 0.29) is 5.54 Å². The minimum atomic E-state index is 0.150. The molecule has 3 aliphatic rings. The molecule has 2 heterocycles. The molecule has 1 unspecified atom stereocenters. The minimum Gasteiger partial charge on any atom is -0.324 e. The maximum absolute atomic E-state index is 6.23. The Morgan fingerprint density at radius 3 is 2.45 bits per heavy atom. The first-order valence-electron chi connectivity index (χ1n) is 4.64. The van der Waals surface area contributed by atoms with Gasteiger partial charge < -0.3 is 11.1 Å². The van der Waals surface area contributed by atoms with Crippen LogP contribution in [-0.2, 0) is 0 Å². The standard InChI is InChI=1S/C9H18N2/c1-6(2)8-9(10)3-7(4-9)5-11-8/h6-8,11H,3-5,10H2,1-2H3. The second kappa shape index (κ2) is 2.20. The fourth-order valence-corrected chi connectivity index (χ4v) is 2.81. The Morgan fingerprint density at radius 1 is 1.45 bits per heavy atom. The molecule has 1 aliphatic carbocycles. The maximum atomic E-state index is 6.23. The minimum absolute atomic E-state index is 0.150. The lowest BCUT2D eigenvalue weighted by atomic mass is 9.60. The number of rotatable bonds is 1. The quantitative estimate of drug-likeness (QED) is 0.584. The van der Waals surface area contributed by atoms with Crippen LogP contribution in [0.25, 0.3) is 0 Å². The van der Waals surface area contributed by atoms with Crippen molar-refractivity contribution in [3.63, 3.8) is 0 Å². The van der Waals surface area contributed by atoms with Crippen LogP contribution in [0.1, 0.15) is 26.7 Å². The van der Waals surface area contributed by atoms with E-state index in [9.17, 15) is 0 Å². The second-order valence-corrected chi connectivity index (χ2v) is 4.64. The third-order valence-corrected chi connectivity index (χ3v) is 3.25. The van der Waals surface area contributed by atoms with E-state index >= 15 is 0 Å². The third-order valence-electron chi connectivity index (χ3n) is 3.25. The molecular weight excluding hydrogens is 136 g/mol. The topological polar surface area (TPSA) is 38.0 Å². The van der Waals surface area contributed by atoms with Crippen molar-refractivity contribution in [2.45, 2.75) is 38.3 Å². The number of hydrogen-bond donors (Lipinski definition) is 2. The van der Waals surface area contributed by atoms with Gasteiger partial charge in [-0.2, -0.15) is 0 Å². The normalized spacial score (nSPS) is 49.1. The smallest absolute Gasteiger partial charge is 0.0318 e. The first-order chi connectivity index (χ1) is 5.12. The van der Waals surface area contributed by atoms with Crippen LogP contribution in [0.3, 0.4) is 0 Å². The predicted molar refractivity (Wildman–Crippen MR) is 46.3 cm³/mol. The molecule has 3 fully saturated rings. The number of piperidine rings is 2. The van der Waals surface area contributed by atoms with Crippen LogP contribution in [0, 0.1) is 11.8 Å². The van der Waals surface area contributed by atoms with E-state index in [1.54, 1.807) is 0 Å². The highest BCUT2D eigenvalue weighted by atomic mass is 15.1. The summed E-state index contributed by atoms with van der Waals surface area (Å²) in [5, 5.41) is 3.53. The molecule has 2 aliphatic heterocycles. The second-order valence-electron chi connectivity index (χ2n) is 4.64. The van der Waals surface area contributed by atoms with Crippen LogP contribution in [0.5, 0.6) is 0 Å². The molecule has 0 amide bonds. The molecule has 0 spiro atoms. The zero-order valence-corrected chi connectivity index (χ0v) is 7.43.